The molecule has 13 nitrogen and oxygen atoms in total. The summed E-state index contributed by atoms with van der Waals surface area (Å²) in [5, 5.41) is 24.4. The number of aromatic nitrogens is 7. The first-order valence-corrected chi connectivity index (χ1v) is 13.0. The van der Waals surface area contributed by atoms with Gasteiger partial charge in [0.25, 0.3) is 0 Å². The molecule has 1 N–H and O–H groups in total. The van der Waals surface area contributed by atoms with Gasteiger partial charge in [0.2, 0.25) is 5.91 Å². The molecule has 4 heterocycles. The minimum absolute atomic E-state index is 0.0244. The second kappa shape index (κ2) is 10.9. The molecule has 6 rings (SSSR count). The number of nitrogens with zero attached hydrogens (tertiary/aromatic N) is 9. The third-order valence-corrected chi connectivity index (χ3v) is 6.72. The van der Waals surface area contributed by atoms with Crippen molar-refractivity contribution < 1.29 is 14.5 Å². The predicted molar refractivity (Wildman–Crippen MR) is 148 cm³/mol. The van der Waals surface area contributed by atoms with Crippen LogP contribution in [0.1, 0.15) is 5.69 Å². The van der Waals surface area contributed by atoms with Gasteiger partial charge in [-0.3, -0.25) is 23.8 Å². The summed E-state index contributed by atoms with van der Waals surface area (Å²) < 4.78 is 4.93. The van der Waals surface area contributed by atoms with E-state index in [-0.39, 0.29) is 24.5 Å². The number of nitrogens with one attached hydrogen (secondary N) is 1. The van der Waals surface area contributed by atoms with E-state index in [1.54, 1.807) is 33.8 Å². The number of carbonyl (C=O) groups is 1. The molecule has 15 heteroatoms. The van der Waals surface area contributed by atoms with E-state index < -0.39 is 6.04 Å². The lowest BCUT2D eigenvalue weighted by Crippen LogP contribution is -2.52. The van der Waals surface area contributed by atoms with Gasteiger partial charge in [0.1, 0.15) is 6.04 Å². The van der Waals surface area contributed by atoms with E-state index in [1.807, 2.05) is 50.8 Å². The summed E-state index contributed by atoms with van der Waals surface area (Å²) in [5.41, 5.74) is 3.44. The lowest BCUT2D eigenvalue weighted by atomic mass is 10.1. The number of halogens is 2. The van der Waals surface area contributed by atoms with E-state index in [9.17, 15) is 4.79 Å². The molecule has 206 valence electrons. The maximum Gasteiger partial charge on any atom is 0.244 e. The average molecular weight is 583 g/mol. The number of hydrogen-bond donors (Lipinski definition) is 1. The van der Waals surface area contributed by atoms with Crippen LogP contribution in [-0.2, 0) is 35.0 Å². The van der Waals surface area contributed by atoms with Gasteiger partial charge in [0.15, 0.2) is 18.6 Å². The largest absolute Gasteiger partial charge is 0.325 e. The zero-order chi connectivity index (χ0) is 27.8. The van der Waals surface area contributed by atoms with Gasteiger partial charge in [-0.25, -0.2) is 9.75 Å². The fraction of sp³-hybridized carbons (Fsp3) is 0.240. The minimum atomic E-state index is -0.741. The van der Waals surface area contributed by atoms with E-state index in [0.717, 1.165) is 16.6 Å². The summed E-state index contributed by atoms with van der Waals surface area (Å²) in [6.45, 7) is -0.0694. The Balaban J connectivity index is 1.21. The molecule has 40 heavy (non-hydrogen) atoms. The second-order valence-corrected chi connectivity index (χ2v) is 10.0. The van der Waals surface area contributed by atoms with Gasteiger partial charge in [-0.2, -0.15) is 10.2 Å². The molecule has 1 unspecified atom stereocenters. The number of amides is 1. The molecule has 5 aromatic rings. The highest BCUT2D eigenvalue weighted by Gasteiger charge is 2.33. The van der Waals surface area contributed by atoms with Crippen molar-refractivity contribution in [3.05, 3.63) is 76.9 Å². The highest BCUT2D eigenvalue weighted by molar-refractivity contribution is 6.31. The normalized spacial score (nSPS) is 15.1. The summed E-state index contributed by atoms with van der Waals surface area (Å²) >= 11 is 12.3. The van der Waals surface area contributed by atoms with E-state index in [1.165, 1.54) is 14.8 Å². The second-order valence-electron chi connectivity index (χ2n) is 9.20. The van der Waals surface area contributed by atoms with E-state index in [0.29, 0.717) is 28.5 Å². The average Bonchev–Trinajstić information content (AvgIpc) is 3.66. The standard InChI is InChI=1S/C25H24Cl2N10O3/c1-33-8-7-19(30-33)11-23(25(38)28-18-4-5-20-16(9-18)12-34(2)31-20)37-15-39-36(14-40-37)22-10-17(26)3-6-21(22)35-13-24(27)29-32-35/h3-10,12-13,23H,11,14-15H2,1-2H3,(H,28,38). The number of hydrogen-bond acceptors (Lipinski definition) is 9. The van der Waals surface area contributed by atoms with Gasteiger partial charge in [-0.05, 0) is 42.5 Å². The van der Waals surface area contributed by atoms with Gasteiger partial charge in [-0.15, -0.1) is 10.2 Å². The molecule has 0 aliphatic carbocycles. The topological polar surface area (TPSA) is 120 Å². The van der Waals surface area contributed by atoms with Gasteiger partial charge < -0.3 is 5.32 Å². The van der Waals surface area contributed by atoms with Crippen molar-refractivity contribution in [2.24, 2.45) is 14.1 Å². The molecule has 1 amide bonds. The first-order valence-electron chi connectivity index (χ1n) is 12.2. The number of anilines is 2. The first kappa shape index (κ1) is 26.2. The van der Waals surface area contributed by atoms with Crippen molar-refractivity contribution in [1.82, 2.24) is 39.6 Å². The van der Waals surface area contributed by atoms with Crippen molar-refractivity contribution >= 4 is 51.4 Å². The summed E-state index contributed by atoms with van der Waals surface area (Å²) in [6.07, 6.45) is 5.59. The fourth-order valence-corrected chi connectivity index (χ4v) is 4.74. The lowest BCUT2D eigenvalue weighted by molar-refractivity contribution is -0.279. The maximum atomic E-state index is 13.6. The highest BCUT2D eigenvalue weighted by atomic mass is 35.5. The van der Waals surface area contributed by atoms with Crippen molar-refractivity contribution in [3.63, 3.8) is 0 Å². The SMILES string of the molecule is Cn1ccc(CC(C(=O)Nc2ccc3nn(C)cc3c2)N2CON(c3cc(Cl)ccc3-n3cc(Cl)nn3)CO2)n1. The summed E-state index contributed by atoms with van der Waals surface area (Å²) in [6, 6.07) is 11.9. The van der Waals surface area contributed by atoms with E-state index in [4.69, 9.17) is 32.9 Å². The van der Waals surface area contributed by atoms with Crippen LogP contribution in [0.25, 0.3) is 16.6 Å². The van der Waals surface area contributed by atoms with Crippen LogP contribution >= 0.6 is 23.2 Å². The Morgan fingerprint density at radius 2 is 1.88 bits per heavy atom. The Morgan fingerprint density at radius 1 is 1.00 bits per heavy atom. The lowest BCUT2D eigenvalue weighted by Gasteiger charge is -2.38. The first-order chi connectivity index (χ1) is 19.3. The van der Waals surface area contributed by atoms with Crippen LogP contribution in [-0.4, -0.2) is 65.0 Å². The maximum absolute atomic E-state index is 13.6. The van der Waals surface area contributed by atoms with Crippen LogP contribution in [0.5, 0.6) is 0 Å². The third kappa shape index (κ3) is 5.50. The van der Waals surface area contributed by atoms with Gasteiger partial charge in [-0.1, -0.05) is 28.4 Å². The van der Waals surface area contributed by atoms with Crippen LogP contribution in [0.4, 0.5) is 11.4 Å². The van der Waals surface area contributed by atoms with Crippen molar-refractivity contribution in [3.8, 4) is 5.69 Å². The molecular formula is C25H24Cl2N10O3. The third-order valence-electron chi connectivity index (χ3n) is 6.31. The molecule has 0 radical (unpaired) electrons. The number of benzene rings is 2. The molecular weight excluding hydrogens is 559 g/mol. The molecule has 1 aliphatic heterocycles. The Morgan fingerprint density at radius 3 is 2.60 bits per heavy atom. The summed E-state index contributed by atoms with van der Waals surface area (Å²) in [7, 11) is 3.68. The minimum Gasteiger partial charge on any atom is -0.325 e. The summed E-state index contributed by atoms with van der Waals surface area (Å²) in [5.74, 6) is -0.272. The number of fused-ring (bicyclic) bond motifs is 1. The van der Waals surface area contributed by atoms with Crippen molar-refractivity contribution in [2.45, 2.75) is 12.5 Å². The van der Waals surface area contributed by atoms with Crippen LogP contribution in [0, 0.1) is 0 Å². The van der Waals surface area contributed by atoms with Crippen LogP contribution in [0.3, 0.4) is 0 Å². The van der Waals surface area contributed by atoms with Crippen molar-refractivity contribution in [1.29, 1.82) is 0 Å². The monoisotopic (exact) mass is 582 g/mol. The van der Waals surface area contributed by atoms with E-state index >= 15 is 0 Å². The zero-order valence-electron chi connectivity index (χ0n) is 21.5. The van der Waals surface area contributed by atoms with Crippen molar-refractivity contribution in [2.75, 3.05) is 23.8 Å². The van der Waals surface area contributed by atoms with Gasteiger partial charge in [0.05, 0.1) is 28.8 Å². The fourth-order valence-electron chi connectivity index (χ4n) is 4.45. The quantitative estimate of drug-likeness (QED) is 0.308. The molecule has 0 bridgehead atoms. The molecule has 0 spiro atoms. The Labute approximate surface area is 238 Å². The molecule has 1 fully saturated rings. The highest BCUT2D eigenvalue weighted by Crippen LogP contribution is 2.30. The van der Waals surface area contributed by atoms with Crippen LogP contribution in [0.15, 0.2) is 61.1 Å². The number of hydroxylamine groups is 3. The van der Waals surface area contributed by atoms with E-state index in [2.05, 4.69) is 25.8 Å². The number of carbonyl (C=O) groups excluding carboxylic acids is 1. The number of rotatable bonds is 7. The van der Waals surface area contributed by atoms with Gasteiger partial charge >= 0.3 is 0 Å². The molecule has 1 saturated heterocycles. The Hall–Kier alpha value is -4.01. The zero-order valence-corrected chi connectivity index (χ0v) is 23.0. The Kier molecular flexibility index (Phi) is 7.12. The molecule has 0 saturated carbocycles. The molecule has 2 aromatic carbocycles. The molecule has 1 atom stereocenters. The number of aryl methyl sites for hydroxylation is 2. The Bertz CT molecular complexity index is 1670. The molecule has 3 aromatic heterocycles. The smallest absolute Gasteiger partial charge is 0.244 e. The van der Waals surface area contributed by atoms with Crippen LogP contribution in [0.2, 0.25) is 10.2 Å². The van der Waals surface area contributed by atoms with Crippen LogP contribution < -0.4 is 10.4 Å². The molecule has 1 aliphatic rings. The van der Waals surface area contributed by atoms with Gasteiger partial charge in [0, 0.05) is 49.0 Å². The summed E-state index contributed by atoms with van der Waals surface area (Å²) in [4.78, 5) is 25.7. The predicted octanol–water partition coefficient (Wildman–Crippen LogP) is 3.34.